The number of benzene rings is 2. The largest absolute Gasteiger partial charge is 0.507 e. The smallest absolute Gasteiger partial charge is 0.185 e. The number of fused-ring (bicyclic) bond motifs is 1. The van der Waals surface area contributed by atoms with Gasteiger partial charge in [0.25, 0.3) is 0 Å². The van der Waals surface area contributed by atoms with Crippen LogP contribution in [0.4, 0.5) is 0 Å². The van der Waals surface area contributed by atoms with Crippen molar-refractivity contribution in [3.8, 4) is 11.5 Å². The first-order chi connectivity index (χ1) is 13.8. The molecule has 0 amide bonds. The number of aryl methyl sites for hydroxylation is 1. The number of allylic oxidation sites excluding steroid dienone is 3. The summed E-state index contributed by atoms with van der Waals surface area (Å²) >= 11 is 0. The second-order valence-electron chi connectivity index (χ2n) is 8.05. The molecule has 0 spiro atoms. The molecule has 0 bridgehead atoms. The number of aromatic hydroxyl groups is 1. The molecule has 150 valence electrons. The SMILES string of the molecule is CC(C)=CCCC1(C)C=Cc2c(ccc(/C=C/C(=O)c3ccc(C)cc3)c2O)O1. The number of carbonyl (C=O) groups is 1. The second kappa shape index (κ2) is 8.52. The molecule has 1 aliphatic heterocycles. The van der Waals surface area contributed by atoms with Crippen molar-refractivity contribution < 1.29 is 14.6 Å². The van der Waals surface area contributed by atoms with E-state index < -0.39 is 5.60 Å². The van der Waals surface area contributed by atoms with Gasteiger partial charge in [0.1, 0.15) is 17.1 Å². The zero-order valence-corrected chi connectivity index (χ0v) is 17.5. The van der Waals surface area contributed by atoms with E-state index in [0.29, 0.717) is 22.4 Å². The maximum atomic E-state index is 12.4. The molecule has 0 aliphatic carbocycles. The first kappa shape index (κ1) is 20.7. The molecule has 0 aromatic heterocycles. The summed E-state index contributed by atoms with van der Waals surface area (Å²) in [5.74, 6) is 0.686. The predicted octanol–water partition coefficient (Wildman–Crippen LogP) is 6.51. The van der Waals surface area contributed by atoms with E-state index in [0.717, 1.165) is 18.4 Å². The van der Waals surface area contributed by atoms with Gasteiger partial charge in [-0.15, -0.1) is 0 Å². The third kappa shape index (κ3) is 5.05. The summed E-state index contributed by atoms with van der Waals surface area (Å²) in [4.78, 5) is 12.4. The lowest BCUT2D eigenvalue weighted by Crippen LogP contribution is -2.31. The lowest BCUT2D eigenvalue weighted by atomic mass is 9.93. The quantitative estimate of drug-likeness (QED) is 0.349. The summed E-state index contributed by atoms with van der Waals surface area (Å²) < 4.78 is 6.18. The van der Waals surface area contributed by atoms with Crippen LogP contribution in [0.5, 0.6) is 11.5 Å². The third-order valence-electron chi connectivity index (χ3n) is 5.10. The van der Waals surface area contributed by atoms with Gasteiger partial charge >= 0.3 is 0 Å². The van der Waals surface area contributed by atoms with Gasteiger partial charge in [0.15, 0.2) is 5.78 Å². The molecule has 2 aromatic rings. The van der Waals surface area contributed by atoms with Gasteiger partial charge < -0.3 is 9.84 Å². The molecule has 3 nitrogen and oxygen atoms in total. The Balaban J connectivity index is 1.77. The van der Waals surface area contributed by atoms with Crippen LogP contribution in [0, 0.1) is 6.92 Å². The number of phenolic OH excluding ortho intramolecular Hbond substituents is 1. The number of phenols is 1. The van der Waals surface area contributed by atoms with Crippen LogP contribution in [0.2, 0.25) is 0 Å². The molecule has 1 N–H and O–H groups in total. The highest BCUT2D eigenvalue weighted by Crippen LogP contribution is 2.40. The fraction of sp³-hybridized carbons (Fsp3) is 0.269. The summed E-state index contributed by atoms with van der Waals surface area (Å²) in [6.07, 6.45) is 11.0. The van der Waals surface area contributed by atoms with Gasteiger partial charge in [-0.2, -0.15) is 0 Å². The normalized spacial score (nSPS) is 17.7. The fourth-order valence-electron chi connectivity index (χ4n) is 3.30. The van der Waals surface area contributed by atoms with Crippen molar-refractivity contribution in [2.75, 3.05) is 0 Å². The number of carbonyl (C=O) groups excluding carboxylic acids is 1. The van der Waals surface area contributed by atoms with E-state index in [2.05, 4.69) is 26.8 Å². The topological polar surface area (TPSA) is 46.5 Å². The lowest BCUT2D eigenvalue weighted by Gasteiger charge is -2.32. The van der Waals surface area contributed by atoms with Gasteiger partial charge in [-0.1, -0.05) is 41.5 Å². The molecule has 3 rings (SSSR count). The first-order valence-electron chi connectivity index (χ1n) is 9.94. The average molecular weight is 389 g/mol. The zero-order valence-electron chi connectivity index (χ0n) is 17.5. The molecule has 0 saturated heterocycles. The van der Waals surface area contributed by atoms with Gasteiger partial charge in [0, 0.05) is 11.1 Å². The maximum absolute atomic E-state index is 12.4. The molecule has 1 unspecified atom stereocenters. The van der Waals surface area contributed by atoms with Crippen molar-refractivity contribution in [3.05, 3.63) is 82.5 Å². The highest BCUT2D eigenvalue weighted by molar-refractivity contribution is 6.07. The third-order valence-corrected chi connectivity index (χ3v) is 5.10. The van der Waals surface area contributed by atoms with Gasteiger partial charge in [0.05, 0.1) is 5.56 Å². The van der Waals surface area contributed by atoms with E-state index in [1.54, 1.807) is 24.3 Å². The fourth-order valence-corrected chi connectivity index (χ4v) is 3.30. The Morgan fingerprint density at radius 3 is 2.55 bits per heavy atom. The van der Waals surface area contributed by atoms with Crippen molar-refractivity contribution in [1.82, 2.24) is 0 Å². The lowest BCUT2D eigenvalue weighted by molar-refractivity contribution is 0.104. The predicted molar refractivity (Wildman–Crippen MR) is 119 cm³/mol. The van der Waals surface area contributed by atoms with Crippen molar-refractivity contribution in [3.63, 3.8) is 0 Å². The molecule has 3 heteroatoms. The number of ketones is 1. The average Bonchev–Trinajstić information content (AvgIpc) is 2.67. The van der Waals surface area contributed by atoms with Gasteiger partial charge in [-0.3, -0.25) is 4.79 Å². The molecular weight excluding hydrogens is 360 g/mol. The van der Waals surface area contributed by atoms with E-state index in [9.17, 15) is 9.90 Å². The molecular formula is C26H28O3. The maximum Gasteiger partial charge on any atom is 0.185 e. The van der Waals surface area contributed by atoms with Crippen LogP contribution in [-0.4, -0.2) is 16.5 Å². The van der Waals surface area contributed by atoms with Crippen molar-refractivity contribution in [2.24, 2.45) is 0 Å². The van der Waals surface area contributed by atoms with Crippen LogP contribution >= 0.6 is 0 Å². The Hall–Kier alpha value is -3.07. The van der Waals surface area contributed by atoms with Crippen molar-refractivity contribution in [1.29, 1.82) is 0 Å². The minimum absolute atomic E-state index is 0.0965. The monoisotopic (exact) mass is 388 g/mol. The second-order valence-corrected chi connectivity index (χ2v) is 8.05. The van der Waals surface area contributed by atoms with Crippen molar-refractivity contribution in [2.45, 2.75) is 46.1 Å². The Morgan fingerprint density at radius 1 is 1.14 bits per heavy atom. The first-order valence-corrected chi connectivity index (χ1v) is 9.94. The highest BCUT2D eigenvalue weighted by atomic mass is 16.5. The standard InChI is InChI=1S/C26H28O3/c1-18(2)6-5-16-26(4)17-15-22-24(29-26)14-12-21(25(22)28)11-13-23(27)20-9-7-19(3)8-10-20/h6-15,17,28H,5,16H2,1-4H3/b13-11+. The summed E-state index contributed by atoms with van der Waals surface area (Å²) in [5, 5.41) is 10.7. The van der Waals surface area contributed by atoms with E-state index in [1.165, 1.54) is 11.6 Å². The molecule has 2 aromatic carbocycles. The Bertz CT molecular complexity index is 989. The number of hydrogen-bond donors (Lipinski definition) is 1. The molecule has 1 heterocycles. The molecule has 0 radical (unpaired) electrons. The molecule has 1 aliphatic rings. The van der Waals surface area contributed by atoms with Crippen LogP contribution in [-0.2, 0) is 0 Å². The van der Waals surface area contributed by atoms with E-state index in [-0.39, 0.29) is 11.5 Å². The van der Waals surface area contributed by atoms with Crippen molar-refractivity contribution >= 4 is 17.9 Å². The van der Waals surface area contributed by atoms with Gasteiger partial charge in [0.2, 0.25) is 0 Å². The Kier molecular flexibility index (Phi) is 6.07. The van der Waals surface area contributed by atoms with Gasteiger partial charge in [-0.05, 0) is 77.0 Å². The summed E-state index contributed by atoms with van der Waals surface area (Å²) in [7, 11) is 0. The summed E-state index contributed by atoms with van der Waals surface area (Å²) in [5.41, 5.74) is 3.87. The van der Waals surface area contributed by atoms with Crippen LogP contribution < -0.4 is 4.74 Å². The van der Waals surface area contributed by atoms with Gasteiger partial charge in [-0.25, -0.2) is 0 Å². The van der Waals surface area contributed by atoms with Crippen LogP contribution in [0.25, 0.3) is 12.2 Å². The summed E-state index contributed by atoms with van der Waals surface area (Å²) in [6.45, 7) is 8.21. The molecule has 0 saturated carbocycles. The van der Waals surface area contributed by atoms with Crippen LogP contribution in [0.15, 0.2) is 60.2 Å². The summed E-state index contributed by atoms with van der Waals surface area (Å²) in [6, 6.07) is 11.1. The zero-order chi connectivity index (χ0) is 21.0. The number of rotatable bonds is 6. The minimum atomic E-state index is -0.399. The van der Waals surface area contributed by atoms with Crippen LogP contribution in [0.1, 0.15) is 60.7 Å². The minimum Gasteiger partial charge on any atom is -0.507 e. The van der Waals surface area contributed by atoms with E-state index in [1.807, 2.05) is 37.3 Å². The Morgan fingerprint density at radius 2 is 1.86 bits per heavy atom. The molecule has 29 heavy (non-hydrogen) atoms. The van der Waals surface area contributed by atoms with Crippen LogP contribution in [0.3, 0.4) is 0 Å². The number of ether oxygens (including phenoxy) is 1. The number of hydrogen-bond acceptors (Lipinski definition) is 3. The molecule has 1 atom stereocenters. The van der Waals surface area contributed by atoms with E-state index >= 15 is 0 Å². The van der Waals surface area contributed by atoms with E-state index in [4.69, 9.17) is 4.74 Å². The highest BCUT2D eigenvalue weighted by Gasteiger charge is 2.28. The molecule has 0 fully saturated rings. The Labute approximate surface area is 173 Å².